The number of hydrogen-bond donors (Lipinski definition) is 0. The van der Waals surface area contributed by atoms with Crippen LogP contribution in [0, 0.1) is 6.92 Å². The number of carbonyl (C=O) groups is 1. The van der Waals surface area contributed by atoms with Crippen molar-refractivity contribution in [3.05, 3.63) is 48.0 Å². The molecule has 1 amide bonds. The predicted octanol–water partition coefficient (Wildman–Crippen LogP) is 2.74. The lowest BCUT2D eigenvalue weighted by molar-refractivity contribution is -0.133. The Morgan fingerprint density at radius 1 is 0.963 bits per heavy atom. The van der Waals surface area contributed by atoms with Gasteiger partial charge in [0, 0.05) is 37.9 Å². The average molecular weight is 370 g/mol. The summed E-state index contributed by atoms with van der Waals surface area (Å²) in [4.78, 5) is 16.6. The quantitative estimate of drug-likeness (QED) is 0.783. The molecule has 0 saturated carbocycles. The minimum Gasteiger partial charge on any atom is -0.497 e. The number of aryl methyl sites for hydroxylation is 1. The highest BCUT2D eigenvalue weighted by Crippen LogP contribution is 2.28. The van der Waals surface area contributed by atoms with Gasteiger partial charge in [-0.05, 0) is 36.8 Å². The van der Waals surface area contributed by atoms with Crippen LogP contribution in [-0.2, 0) is 4.79 Å². The van der Waals surface area contributed by atoms with Gasteiger partial charge in [0.25, 0.3) is 5.91 Å². The number of rotatable bonds is 6. The van der Waals surface area contributed by atoms with Crippen LogP contribution in [0.25, 0.3) is 0 Å². The van der Waals surface area contributed by atoms with Crippen molar-refractivity contribution in [3.8, 4) is 17.2 Å². The van der Waals surface area contributed by atoms with E-state index in [0.717, 1.165) is 30.1 Å². The number of methoxy groups -OCH3 is 2. The highest BCUT2D eigenvalue weighted by Gasteiger charge is 2.22. The molecule has 1 fully saturated rings. The molecule has 0 bridgehead atoms. The summed E-state index contributed by atoms with van der Waals surface area (Å²) in [6.45, 7) is 4.91. The fraction of sp³-hybridized carbons (Fsp3) is 0.381. The maximum Gasteiger partial charge on any atom is 0.260 e. The molecule has 27 heavy (non-hydrogen) atoms. The molecule has 0 spiro atoms. The van der Waals surface area contributed by atoms with Crippen LogP contribution in [0.3, 0.4) is 0 Å². The number of amides is 1. The number of carbonyl (C=O) groups excluding carboxylic acids is 1. The van der Waals surface area contributed by atoms with Crippen LogP contribution in [0.4, 0.5) is 5.69 Å². The number of benzene rings is 2. The first kappa shape index (κ1) is 18.9. The predicted molar refractivity (Wildman–Crippen MR) is 105 cm³/mol. The number of piperazine rings is 1. The lowest BCUT2D eigenvalue weighted by atomic mass is 10.2. The summed E-state index contributed by atoms with van der Waals surface area (Å²) in [7, 11) is 3.26. The van der Waals surface area contributed by atoms with E-state index in [0.29, 0.717) is 24.6 Å². The maximum atomic E-state index is 12.5. The Bertz CT molecular complexity index is 786. The van der Waals surface area contributed by atoms with E-state index in [2.05, 4.69) is 11.0 Å². The fourth-order valence-electron chi connectivity index (χ4n) is 3.15. The molecule has 1 saturated heterocycles. The molecule has 6 heteroatoms. The normalized spacial score (nSPS) is 14.0. The number of ether oxygens (including phenoxy) is 3. The number of nitrogens with zero attached hydrogens (tertiary/aromatic N) is 2. The first-order valence-electron chi connectivity index (χ1n) is 9.05. The lowest BCUT2D eigenvalue weighted by Crippen LogP contribution is -2.50. The van der Waals surface area contributed by atoms with E-state index in [1.54, 1.807) is 14.2 Å². The Hall–Kier alpha value is -2.89. The van der Waals surface area contributed by atoms with Crippen molar-refractivity contribution in [1.29, 1.82) is 0 Å². The SMILES string of the molecule is COc1cccc(N2CCN(C(=O)COc3ccc(C)cc3OC)CC2)c1. The van der Waals surface area contributed by atoms with Gasteiger partial charge < -0.3 is 24.0 Å². The second kappa shape index (κ2) is 8.66. The molecule has 0 N–H and O–H groups in total. The largest absolute Gasteiger partial charge is 0.497 e. The Morgan fingerprint density at radius 3 is 2.44 bits per heavy atom. The zero-order valence-electron chi connectivity index (χ0n) is 16.1. The maximum absolute atomic E-state index is 12.5. The molecule has 1 aliphatic rings. The van der Waals surface area contributed by atoms with Gasteiger partial charge in [0.1, 0.15) is 5.75 Å². The van der Waals surface area contributed by atoms with Gasteiger partial charge in [0.2, 0.25) is 0 Å². The van der Waals surface area contributed by atoms with E-state index in [9.17, 15) is 4.79 Å². The van der Waals surface area contributed by atoms with E-state index in [-0.39, 0.29) is 12.5 Å². The van der Waals surface area contributed by atoms with Crippen molar-refractivity contribution in [3.63, 3.8) is 0 Å². The van der Waals surface area contributed by atoms with Crippen LogP contribution in [0.2, 0.25) is 0 Å². The first-order chi connectivity index (χ1) is 13.1. The molecule has 0 atom stereocenters. The van der Waals surface area contributed by atoms with Gasteiger partial charge in [-0.1, -0.05) is 12.1 Å². The van der Waals surface area contributed by atoms with Crippen molar-refractivity contribution < 1.29 is 19.0 Å². The van der Waals surface area contributed by atoms with Crippen molar-refractivity contribution in [1.82, 2.24) is 4.90 Å². The molecule has 1 heterocycles. The van der Waals surface area contributed by atoms with Crippen molar-refractivity contribution in [2.75, 3.05) is 51.9 Å². The van der Waals surface area contributed by atoms with Gasteiger partial charge in [-0.15, -0.1) is 0 Å². The third-order valence-electron chi connectivity index (χ3n) is 4.72. The van der Waals surface area contributed by atoms with Crippen LogP contribution >= 0.6 is 0 Å². The van der Waals surface area contributed by atoms with Crippen molar-refractivity contribution in [2.45, 2.75) is 6.92 Å². The van der Waals surface area contributed by atoms with Gasteiger partial charge in [-0.2, -0.15) is 0 Å². The highest BCUT2D eigenvalue weighted by atomic mass is 16.5. The minimum atomic E-state index is -0.0112. The highest BCUT2D eigenvalue weighted by molar-refractivity contribution is 5.78. The molecule has 0 aromatic heterocycles. The number of hydrogen-bond acceptors (Lipinski definition) is 5. The third kappa shape index (κ3) is 4.64. The summed E-state index contributed by atoms with van der Waals surface area (Å²) in [6.07, 6.45) is 0. The summed E-state index contributed by atoms with van der Waals surface area (Å²) >= 11 is 0. The zero-order chi connectivity index (χ0) is 19.2. The zero-order valence-corrected chi connectivity index (χ0v) is 16.1. The summed E-state index contributed by atoms with van der Waals surface area (Å²) < 4.78 is 16.3. The smallest absolute Gasteiger partial charge is 0.260 e. The second-order valence-corrected chi connectivity index (χ2v) is 6.51. The van der Waals surface area contributed by atoms with E-state index >= 15 is 0 Å². The van der Waals surface area contributed by atoms with E-state index in [4.69, 9.17) is 14.2 Å². The Morgan fingerprint density at radius 2 is 1.74 bits per heavy atom. The molecule has 144 valence electrons. The van der Waals surface area contributed by atoms with Crippen LogP contribution in [0.1, 0.15) is 5.56 Å². The van der Waals surface area contributed by atoms with Gasteiger partial charge in [0.15, 0.2) is 18.1 Å². The van der Waals surface area contributed by atoms with Crippen LogP contribution < -0.4 is 19.1 Å². The third-order valence-corrected chi connectivity index (χ3v) is 4.72. The van der Waals surface area contributed by atoms with Crippen molar-refractivity contribution >= 4 is 11.6 Å². The Balaban J connectivity index is 1.53. The number of anilines is 1. The minimum absolute atomic E-state index is 0.0112. The summed E-state index contributed by atoms with van der Waals surface area (Å²) in [5, 5.41) is 0. The van der Waals surface area contributed by atoms with Gasteiger partial charge in [-0.25, -0.2) is 0 Å². The van der Waals surface area contributed by atoms with Crippen LogP contribution in [-0.4, -0.2) is 57.8 Å². The molecule has 0 unspecified atom stereocenters. The molecular weight excluding hydrogens is 344 g/mol. The molecule has 2 aromatic rings. The van der Waals surface area contributed by atoms with Gasteiger partial charge in [-0.3, -0.25) is 4.79 Å². The fourth-order valence-corrected chi connectivity index (χ4v) is 3.15. The van der Waals surface area contributed by atoms with Crippen molar-refractivity contribution in [2.24, 2.45) is 0 Å². The summed E-state index contributed by atoms with van der Waals surface area (Å²) in [6, 6.07) is 13.7. The monoisotopic (exact) mass is 370 g/mol. The van der Waals surface area contributed by atoms with Gasteiger partial charge >= 0.3 is 0 Å². The van der Waals surface area contributed by atoms with Crippen LogP contribution in [0.15, 0.2) is 42.5 Å². The first-order valence-corrected chi connectivity index (χ1v) is 9.05. The molecule has 0 aliphatic carbocycles. The molecule has 0 radical (unpaired) electrons. The molecule has 2 aromatic carbocycles. The van der Waals surface area contributed by atoms with E-state index < -0.39 is 0 Å². The topological polar surface area (TPSA) is 51.2 Å². The van der Waals surface area contributed by atoms with E-state index in [1.165, 1.54) is 0 Å². The Kier molecular flexibility index (Phi) is 6.06. The van der Waals surface area contributed by atoms with Gasteiger partial charge in [0.05, 0.1) is 14.2 Å². The summed E-state index contributed by atoms with van der Waals surface area (Å²) in [5.74, 6) is 2.06. The molecule has 1 aliphatic heterocycles. The molecule has 6 nitrogen and oxygen atoms in total. The molecule has 3 rings (SSSR count). The second-order valence-electron chi connectivity index (χ2n) is 6.51. The standard InChI is InChI=1S/C21H26N2O4/c1-16-7-8-19(20(13-16)26-3)27-15-21(24)23-11-9-22(10-12-23)17-5-4-6-18(14-17)25-2/h4-8,13-14H,9-12,15H2,1-3H3. The average Bonchev–Trinajstić information content (AvgIpc) is 2.72. The Labute approximate surface area is 160 Å². The van der Waals surface area contributed by atoms with E-state index in [1.807, 2.05) is 48.2 Å². The summed E-state index contributed by atoms with van der Waals surface area (Å²) in [5.41, 5.74) is 2.20. The molecular formula is C21H26N2O4. The van der Waals surface area contributed by atoms with Crippen LogP contribution in [0.5, 0.6) is 17.2 Å². The lowest BCUT2D eigenvalue weighted by Gasteiger charge is -2.36.